The van der Waals surface area contributed by atoms with Crippen LogP contribution in [0.2, 0.25) is 0 Å². The summed E-state index contributed by atoms with van der Waals surface area (Å²) in [4.78, 5) is 6.83. The van der Waals surface area contributed by atoms with Crippen molar-refractivity contribution in [2.45, 2.75) is 38.3 Å². The smallest absolute Gasteiger partial charge is 0.0386 e. The minimum absolute atomic E-state index is 0.491. The van der Waals surface area contributed by atoms with Crippen molar-refractivity contribution in [3.05, 3.63) is 22.4 Å². The van der Waals surface area contributed by atoms with E-state index in [4.69, 9.17) is 0 Å². The van der Waals surface area contributed by atoms with Crippen molar-refractivity contribution < 1.29 is 0 Å². The molecule has 3 nitrogen and oxygen atoms in total. The van der Waals surface area contributed by atoms with Gasteiger partial charge in [-0.2, -0.15) is 0 Å². The summed E-state index contributed by atoms with van der Waals surface area (Å²) in [7, 11) is 0. The Hall–Kier alpha value is -0.420. The molecule has 0 bridgehead atoms. The molecule has 1 N–H and O–H groups in total. The first-order chi connectivity index (χ1) is 9.83. The van der Waals surface area contributed by atoms with Gasteiger partial charge >= 0.3 is 0 Å². The fourth-order valence-electron chi connectivity index (χ4n) is 3.56. The van der Waals surface area contributed by atoms with Crippen LogP contribution in [0.4, 0.5) is 0 Å². The predicted octanol–water partition coefficient (Wildman–Crippen LogP) is 2.57. The van der Waals surface area contributed by atoms with E-state index in [0.717, 1.165) is 12.6 Å². The van der Waals surface area contributed by atoms with Gasteiger partial charge in [-0.1, -0.05) is 6.07 Å². The van der Waals surface area contributed by atoms with E-state index in [1.54, 1.807) is 0 Å². The molecule has 1 aromatic rings. The second-order valence-corrected chi connectivity index (χ2v) is 7.16. The lowest BCUT2D eigenvalue weighted by molar-refractivity contribution is 0.219. The van der Waals surface area contributed by atoms with Crippen LogP contribution in [0.3, 0.4) is 0 Å². The number of rotatable bonds is 5. The molecule has 0 radical (unpaired) electrons. The van der Waals surface area contributed by atoms with Crippen LogP contribution < -0.4 is 5.32 Å². The number of thiophene rings is 1. The second-order valence-electron chi connectivity index (χ2n) is 6.18. The highest BCUT2D eigenvalue weighted by Gasteiger charge is 2.28. The van der Waals surface area contributed by atoms with E-state index in [2.05, 4.69) is 39.6 Å². The van der Waals surface area contributed by atoms with Crippen LogP contribution in [-0.2, 0) is 0 Å². The van der Waals surface area contributed by atoms with Gasteiger partial charge in [-0.3, -0.25) is 4.90 Å². The zero-order chi connectivity index (χ0) is 13.8. The molecule has 2 atom stereocenters. The average molecular weight is 293 g/mol. The van der Waals surface area contributed by atoms with Gasteiger partial charge < -0.3 is 10.2 Å². The molecule has 2 aliphatic rings. The lowest BCUT2D eigenvalue weighted by Gasteiger charge is -2.26. The SMILES string of the molecule is CC(NCCN1CCCN2CCCC2C1)c1cccs1. The lowest BCUT2D eigenvalue weighted by Crippen LogP contribution is -2.39. The van der Waals surface area contributed by atoms with Crippen LogP contribution in [0.1, 0.15) is 37.1 Å². The van der Waals surface area contributed by atoms with Crippen molar-refractivity contribution in [1.82, 2.24) is 15.1 Å². The summed E-state index contributed by atoms with van der Waals surface area (Å²) in [5, 5.41) is 5.83. The summed E-state index contributed by atoms with van der Waals surface area (Å²) in [6, 6.07) is 5.70. The fourth-order valence-corrected chi connectivity index (χ4v) is 4.32. The van der Waals surface area contributed by atoms with E-state index < -0.39 is 0 Å². The van der Waals surface area contributed by atoms with Crippen molar-refractivity contribution >= 4 is 11.3 Å². The maximum Gasteiger partial charge on any atom is 0.0386 e. The maximum atomic E-state index is 3.67. The molecule has 112 valence electrons. The van der Waals surface area contributed by atoms with Crippen LogP contribution in [0, 0.1) is 0 Å². The molecule has 0 spiro atoms. The standard InChI is InChI=1S/C16H27N3S/c1-14(16-6-3-12-20-16)17-7-11-18-8-4-10-19-9-2-5-15(19)13-18/h3,6,12,14-15,17H,2,4-5,7-11,13H2,1H3. The Labute approximate surface area is 127 Å². The minimum atomic E-state index is 0.491. The van der Waals surface area contributed by atoms with Gasteiger partial charge in [-0.05, 0) is 57.3 Å². The van der Waals surface area contributed by atoms with Crippen molar-refractivity contribution in [1.29, 1.82) is 0 Å². The zero-order valence-corrected chi connectivity index (χ0v) is 13.4. The molecule has 0 aromatic carbocycles. The Balaban J connectivity index is 1.41. The molecule has 1 aromatic heterocycles. The Morgan fingerprint density at radius 2 is 2.25 bits per heavy atom. The minimum Gasteiger partial charge on any atom is -0.308 e. The highest BCUT2D eigenvalue weighted by atomic mass is 32.1. The number of fused-ring (bicyclic) bond motifs is 1. The molecule has 0 aliphatic carbocycles. The largest absolute Gasteiger partial charge is 0.308 e. The van der Waals surface area contributed by atoms with E-state index in [-0.39, 0.29) is 0 Å². The zero-order valence-electron chi connectivity index (χ0n) is 12.6. The average Bonchev–Trinajstić information content (AvgIpc) is 3.08. The molecule has 2 saturated heterocycles. The van der Waals surface area contributed by atoms with Crippen molar-refractivity contribution in [2.24, 2.45) is 0 Å². The summed E-state index contributed by atoms with van der Waals surface area (Å²) >= 11 is 1.85. The highest BCUT2D eigenvalue weighted by molar-refractivity contribution is 7.10. The Morgan fingerprint density at radius 3 is 3.10 bits per heavy atom. The maximum absolute atomic E-state index is 3.67. The third kappa shape index (κ3) is 3.61. The van der Waals surface area contributed by atoms with Crippen LogP contribution in [-0.4, -0.2) is 55.1 Å². The normalized spacial score (nSPS) is 26.4. The van der Waals surface area contributed by atoms with E-state index >= 15 is 0 Å². The van der Waals surface area contributed by atoms with Gasteiger partial charge in [0.2, 0.25) is 0 Å². The predicted molar refractivity (Wildman–Crippen MR) is 86.4 cm³/mol. The van der Waals surface area contributed by atoms with Crippen LogP contribution in [0.25, 0.3) is 0 Å². The van der Waals surface area contributed by atoms with Gasteiger partial charge in [0.15, 0.2) is 0 Å². The van der Waals surface area contributed by atoms with Gasteiger partial charge in [0.1, 0.15) is 0 Å². The van der Waals surface area contributed by atoms with Gasteiger partial charge in [-0.15, -0.1) is 11.3 Å². The number of hydrogen-bond donors (Lipinski definition) is 1. The number of hydrogen-bond acceptors (Lipinski definition) is 4. The molecule has 20 heavy (non-hydrogen) atoms. The first kappa shape index (κ1) is 14.5. The van der Waals surface area contributed by atoms with Crippen molar-refractivity contribution in [2.75, 3.05) is 39.3 Å². The van der Waals surface area contributed by atoms with Crippen molar-refractivity contribution in [3.63, 3.8) is 0 Å². The molecule has 2 fully saturated rings. The quantitative estimate of drug-likeness (QED) is 0.900. The summed E-state index contributed by atoms with van der Waals surface area (Å²) in [5.74, 6) is 0. The number of nitrogens with zero attached hydrogens (tertiary/aromatic N) is 2. The molecule has 2 unspecified atom stereocenters. The third-order valence-electron chi connectivity index (χ3n) is 4.74. The Morgan fingerprint density at radius 1 is 1.35 bits per heavy atom. The van der Waals surface area contributed by atoms with E-state index in [9.17, 15) is 0 Å². The summed E-state index contributed by atoms with van der Waals surface area (Å²) < 4.78 is 0. The Kier molecular flexibility index (Phi) is 5.10. The molecule has 3 heterocycles. The molecule has 2 aliphatic heterocycles. The number of nitrogens with one attached hydrogen (secondary N) is 1. The topological polar surface area (TPSA) is 18.5 Å². The lowest BCUT2D eigenvalue weighted by atomic mass is 10.2. The van der Waals surface area contributed by atoms with Gasteiger partial charge in [0.05, 0.1) is 0 Å². The van der Waals surface area contributed by atoms with E-state index in [1.807, 2.05) is 11.3 Å². The Bertz CT molecular complexity index is 392. The summed E-state index contributed by atoms with van der Waals surface area (Å²) in [6.45, 7) is 9.79. The van der Waals surface area contributed by atoms with E-state index in [0.29, 0.717) is 6.04 Å². The summed E-state index contributed by atoms with van der Waals surface area (Å²) in [6.07, 6.45) is 4.17. The molecular formula is C16H27N3S. The summed E-state index contributed by atoms with van der Waals surface area (Å²) in [5.41, 5.74) is 0. The van der Waals surface area contributed by atoms with Crippen molar-refractivity contribution in [3.8, 4) is 0 Å². The molecule has 0 amide bonds. The molecule has 0 saturated carbocycles. The first-order valence-electron chi connectivity index (χ1n) is 8.06. The second kappa shape index (κ2) is 7.03. The molecule has 3 rings (SSSR count). The fraction of sp³-hybridized carbons (Fsp3) is 0.750. The van der Waals surface area contributed by atoms with Gasteiger partial charge in [-0.25, -0.2) is 0 Å². The van der Waals surface area contributed by atoms with E-state index in [1.165, 1.54) is 56.9 Å². The first-order valence-corrected chi connectivity index (χ1v) is 8.94. The van der Waals surface area contributed by atoms with Crippen LogP contribution >= 0.6 is 11.3 Å². The monoisotopic (exact) mass is 293 g/mol. The molecular weight excluding hydrogens is 266 g/mol. The molecule has 4 heteroatoms. The van der Waals surface area contributed by atoms with Gasteiger partial charge in [0, 0.05) is 36.6 Å². The van der Waals surface area contributed by atoms with Crippen LogP contribution in [0.15, 0.2) is 17.5 Å². The highest BCUT2D eigenvalue weighted by Crippen LogP contribution is 2.21. The van der Waals surface area contributed by atoms with Crippen LogP contribution in [0.5, 0.6) is 0 Å². The third-order valence-corrected chi connectivity index (χ3v) is 5.79. The van der Waals surface area contributed by atoms with Gasteiger partial charge in [0.25, 0.3) is 0 Å².